The molecule has 2 rings (SSSR count). The lowest BCUT2D eigenvalue weighted by atomic mass is 10.1. The number of furan rings is 1. The second-order valence-electron chi connectivity index (χ2n) is 4.48. The van der Waals surface area contributed by atoms with Crippen molar-refractivity contribution in [1.82, 2.24) is 5.32 Å². The Labute approximate surface area is 122 Å². The molecule has 6 heteroatoms. The van der Waals surface area contributed by atoms with E-state index in [1.165, 1.54) is 0 Å². The van der Waals surface area contributed by atoms with Crippen molar-refractivity contribution >= 4 is 17.5 Å². The van der Waals surface area contributed by atoms with Crippen molar-refractivity contribution in [2.24, 2.45) is 5.73 Å². The van der Waals surface area contributed by atoms with Gasteiger partial charge in [0.2, 0.25) is 0 Å². The predicted molar refractivity (Wildman–Crippen MR) is 79.1 cm³/mol. The van der Waals surface area contributed by atoms with E-state index in [-0.39, 0.29) is 24.1 Å². The van der Waals surface area contributed by atoms with Gasteiger partial charge in [0, 0.05) is 18.3 Å². The monoisotopic (exact) mass is 287 g/mol. The number of anilines is 1. The van der Waals surface area contributed by atoms with E-state index in [1.54, 1.807) is 44.3 Å². The summed E-state index contributed by atoms with van der Waals surface area (Å²) in [5.41, 5.74) is 7.20. The van der Waals surface area contributed by atoms with Crippen molar-refractivity contribution in [2.45, 2.75) is 13.5 Å². The van der Waals surface area contributed by atoms with Crippen LogP contribution in [0.4, 0.5) is 5.69 Å². The van der Waals surface area contributed by atoms with Crippen molar-refractivity contribution < 1.29 is 14.0 Å². The molecule has 0 saturated carbocycles. The molecule has 0 saturated heterocycles. The highest BCUT2D eigenvalue weighted by molar-refractivity contribution is 6.04. The van der Waals surface area contributed by atoms with Crippen LogP contribution in [0.15, 0.2) is 34.7 Å². The number of benzene rings is 1. The SMILES string of the molecule is CNC(=O)c1cccc(NC(=O)c2ccc(CN)o2)c1C. The van der Waals surface area contributed by atoms with Crippen LogP contribution in [0.5, 0.6) is 0 Å². The van der Waals surface area contributed by atoms with Gasteiger partial charge in [0.25, 0.3) is 11.8 Å². The van der Waals surface area contributed by atoms with Gasteiger partial charge in [-0.05, 0) is 36.8 Å². The third-order valence-corrected chi connectivity index (χ3v) is 3.14. The molecule has 0 bridgehead atoms. The zero-order valence-electron chi connectivity index (χ0n) is 11.9. The van der Waals surface area contributed by atoms with Crippen molar-refractivity contribution in [3.05, 3.63) is 53.0 Å². The van der Waals surface area contributed by atoms with Crippen molar-refractivity contribution in [2.75, 3.05) is 12.4 Å². The highest BCUT2D eigenvalue weighted by Gasteiger charge is 2.15. The van der Waals surface area contributed by atoms with Gasteiger partial charge in [-0.3, -0.25) is 9.59 Å². The van der Waals surface area contributed by atoms with Gasteiger partial charge in [0.15, 0.2) is 5.76 Å². The molecule has 0 fully saturated rings. The lowest BCUT2D eigenvalue weighted by Gasteiger charge is -2.10. The Bertz CT molecular complexity index is 677. The molecule has 110 valence electrons. The van der Waals surface area contributed by atoms with Gasteiger partial charge in [0.1, 0.15) is 5.76 Å². The van der Waals surface area contributed by atoms with E-state index in [2.05, 4.69) is 10.6 Å². The standard InChI is InChI=1S/C15H17N3O3/c1-9-11(14(19)17-2)4-3-5-12(9)18-15(20)13-7-6-10(8-16)21-13/h3-7H,8,16H2,1-2H3,(H,17,19)(H,18,20). The highest BCUT2D eigenvalue weighted by Crippen LogP contribution is 2.20. The Morgan fingerprint density at radius 3 is 2.57 bits per heavy atom. The summed E-state index contributed by atoms with van der Waals surface area (Å²) in [6.07, 6.45) is 0. The number of hydrogen-bond donors (Lipinski definition) is 3. The molecule has 1 heterocycles. The van der Waals surface area contributed by atoms with Gasteiger partial charge in [-0.25, -0.2) is 0 Å². The average Bonchev–Trinajstić information content (AvgIpc) is 2.97. The minimum atomic E-state index is -0.383. The molecule has 0 aliphatic carbocycles. The molecule has 1 aromatic heterocycles. The minimum Gasteiger partial charge on any atom is -0.455 e. The zero-order chi connectivity index (χ0) is 15.4. The fourth-order valence-electron chi connectivity index (χ4n) is 1.95. The summed E-state index contributed by atoms with van der Waals surface area (Å²) in [4.78, 5) is 23.8. The number of nitrogens with two attached hydrogens (primary N) is 1. The van der Waals surface area contributed by atoms with Gasteiger partial charge >= 0.3 is 0 Å². The van der Waals surface area contributed by atoms with Crippen LogP contribution in [0.3, 0.4) is 0 Å². The topological polar surface area (TPSA) is 97.4 Å². The normalized spacial score (nSPS) is 10.2. The third kappa shape index (κ3) is 3.11. The van der Waals surface area contributed by atoms with Crippen LogP contribution >= 0.6 is 0 Å². The van der Waals surface area contributed by atoms with E-state index in [4.69, 9.17) is 10.2 Å². The zero-order valence-corrected chi connectivity index (χ0v) is 11.9. The Balaban J connectivity index is 2.23. The minimum absolute atomic E-state index is 0.181. The first kappa shape index (κ1) is 14.8. The summed E-state index contributed by atoms with van der Waals surface area (Å²) in [7, 11) is 1.56. The number of nitrogens with one attached hydrogen (secondary N) is 2. The number of amides is 2. The largest absolute Gasteiger partial charge is 0.455 e. The molecule has 0 atom stereocenters. The number of rotatable bonds is 4. The molecule has 0 unspecified atom stereocenters. The fraction of sp³-hybridized carbons (Fsp3) is 0.200. The van der Waals surface area contributed by atoms with E-state index in [9.17, 15) is 9.59 Å². The first-order chi connectivity index (χ1) is 10.1. The number of carbonyl (C=O) groups excluding carboxylic acids is 2. The Kier molecular flexibility index (Phi) is 4.39. The number of carbonyl (C=O) groups is 2. The summed E-state index contributed by atoms with van der Waals surface area (Å²) in [6, 6.07) is 8.36. The lowest BCUT2D eigenvalue weighted by Crippen LogP contribution is -2.20. The molecule has 0 aliphatic rings. The maximum absolute atomic E-state index is 12.1. The van der Waals surface area contributed by atoms with Gasteiger partial charge in [-0.1, -0.05) is 6.07 Å². The highest BCUT2D eigenvalue weighted by atomic mass is 16.4. The molecule has 0 aliphatic heterocycles. The van der Waals surface area contributed by atoms with Crippen LogP contribution in [0, 0.1) is 6.92 Å². The third-order valence-electron chi connectivity index (χ3n) is 3.14. The molecule has 0 radical (unpaired) electrons. The molecule has 0 spiro atoms. The quantitative estimate of drug-likeness (QED) is 0.796. The van der Waals surface area contributed by atoms with Crippen molar-refractivity contribution in [3.8, 4) is 0 Å². The lowest BCUT2D eigenvalue weighted by molar-refractivity contribution is 0.0959. The van der Waals surface area contributed by atoms with Crippen LogP contribution in [0.1, 0.15) is 32.2 Å². The molecule has 2 aromatic rings. The van der Waals surface area contributed by atoms with E-state index >= 15 is 0 Å². The summed E-state index contributed by atoms with van der Waals surface area (Å²) in [6.45, 7) is 2.01. The maximum atomic E-state index is 12.1. The van der Waals surface area contributed by atoms with Crippen molar-refractivity contribution in [1.29, 1.82) is 0 Å². The smallest absolute Gasteiger partial charge is 0.291 e. The molecule has 1 aromatic carbocycles. The summed E-state index contributed by atoms with van der Waals surface area (Å²) in [5.74, 6) is 0.134. The Hall–Kier alpha value is -2.60. The molecule has 2 amide bonds. The van der Waals surface area contributed by atoms with Crippen LogP contribution in [-0.4, -0.2) is 18.9 Å². The summed E-state index contributed by atoms with van der Waals surface area (Å²) in [5, 5.41) is 5.29. The van der Waals surface area contributed by atoms with Gasteiger partial charge in [-0.2, -0.15) is 0 Å². The number of hydrogen-bond acceptors (Lipinski definition) is 4. The molecular weight excluding hydrogens is 270 g/mol. The van der Waals surface area contributed by atoms with E-state index in [0.29, 0.717) is 22.6 Å². The fourth-order valence-corrected chi connectivity index (χ4v) is 1.95. The van der Waals surface area contributed by atoms with Crippen LogP contribution in [0.2, 0.25) is 0 Å². The summed E-state index contributed by atoms with van der Waals surface area (Å²) >= 11 is 0. The van der Waals surface area contributed by atoms with Gasteiger partial charge in [0.05, 0.1) is 6.54 Å². The molecule has 6 nitrogen and oxygen atoms in total. The second-order valence-corrected chi connectivity index (χ2v) is 4.48. The Morgan fingerprint density at radius 1 is 1.19 bits per heavy atom. The van der Waals surface area contributed by atoms with Gasteiger partial charge < -0.3 is 20.8 Å². The van der Waals surface area contributed by atoms with Crippen LogP contribution < -0.4 is 16.4 Å². The Morgan fingerprint density at radius 2 is 1.95 bits per heavy atom. The van der Waals surface area contributed by atoms with Crippen LogP contribution in [0.25, 0.3) is 0 Å². The first-order valence-corrected chi connectivity index (χ1v) is 6.48. The first-order valence-electron chi connectivity index (χ1n) is 6.48. The van der Waals surface area contributed by atoms with Crippen LogP contribution in [-0.2, 0) is 6.54 Å². The second kappa shape index (κ2) is 6.23. The maximum Gasteiger partial charge on any atom is 0.291 e. The van der Waals surface area contributed by atoms with E-state index in [1.807, 2.05) is 0 Å². The molecule has 21 heavy (non-hydrogen) atoms. The molecular formula is C15H17N3O3. The van der Waals surface area contributed by atoms with Crippen molar-refractivity contribution in [3.63, 3.8) is 0 Å². The predicted octanol–water partition coefficient (Wildman–Crippen LogP) is 1.66. The van der Waals surface area contributed by atoms with Gasteiger partial charge in [-0.15, -0.1) is 0 Å². The molecule has 4 N–H and O–H groups in total. The average molecular weight is 287 g/mol. The van der Waals surface area contributed by atoms with E-state index in [0.717, 1.165) is 0 Å². The summed E-state index contributed by atoms with van der Waals surface area (Å²) < 4.78 is 5.29. The van der Waals surface area contributed by atoms with E-state index < -0.39 is 0 Å².